The quantitative estimate of drug-likeness (QED) is 0.439. The van der Waals surface area contributed by atoms with Gasteiger partial charge in [0, 0.05) is 23.6 Å². The SMILES string of the molecule is O=C(O)CCCN1C(=O)C(=O)C(=C(O)c2ccccc2)[C@@H]1c1ccccc1Cl. The Hall–Kier alpha value is -3.12. The second-order valence-corrected chi connectivity index (χ2v) is 6.78. The molecular formula is C21H18ClNO5. The van der Waals surface area contributed by atoms with E-state index in [2.05, 4.69) is 0 Å². The number of rotatable bonds is 6. The number of halogens is 1. The van der Waals surface area contributed by atoms with Crippen LogP contribution in [-0.2, 0) is 14.4 Å². The first-order chi connectivity index (χ1) is 13.4. The van der Waals surface area contributed by atoms with Crippen molar-refractivity contribution in [3.63, 3.8) is 0 Å². The topological polar surface area (TPSA) is 94.9 Å². The highest BCUT2D eigenvalue weighted by Crippen LogP contribution is 2.41. The Bertz CT molecular complexity index is 954. The average Bonchev–Trinajstić information content (AvgIpc) is 2.93. The summed E-state index contributed by atoms with van der Waals surface area (Å²) < 4.78 is 0. The van der Waals surface area contributed by atoms with Crippen LogP contribution in [0, 0.1) is 0 Å². The van der Waals surface area contributed by atoms with Crippen molar-refractivity contribution in [2.24, 2.45) is 0 Å². The van der Waals surface area contributed by atoms with Crippen LogP contribution in [0.1, 0.15) is 30.0 Å². The zero-order chi connectivity index (χ0) is 20.3. The molecule has 0 radical (unpaired) electrons. The molecule has 2 aromatic rings. The van der Waals surface area contributed by atoms with Crippen LogP contribution in [0.4, 0.5) is 0 Å². The number of aliphatic hydroxyl groups is 1. The molecule has 0 unspecified atom stereocenters. The molecule has 0 spiro atoms. The van der Waals surface area contributed by atoms with Gasteiger partial charge in [-0.2, -0.15) is 0 Å². The average molecular weight is 400 g/mol. The molecule has 0 bridgehead atoms. The van der Waals surface area contributed by atoms with Gasteiger partial charge in [0.25, 0.3) is 11.7 Å². The summed E-state index contributed by atoms with van der Waals surface area (Å²) in [4.78, 5) is 37.5. The second-order valence-electron chi connectivity index (χ2n) is 6.38. The van der Waals surface area contributed by atoms with Gasteiger partial charge in [-0.1, -0.05) is 60.1 Å². The molecule has 1 aliphatic heterocycles. The van der Waals surface area contributed by atoms with Crippen LogP contribution >= 0.6 is 11.6 Å². The fourth-order valence-corrected chi connectivity index (χ4v) is 3.52. The van der Waals surface area contributed by atoms with Crippen LogP contribution in [0.2, 0.25) is 5.02 Å². The molecule has 1 heterocycles. The molecule has 2 N–H and O–H groups in total. The number of benzene rings is 2. The van der Waals surface area contributed by atoms with Crippen LogP contribution in [0.5, 0.6) is 0 Å². The third-order valence-corrected chi connectivity index (χ3v) is 4.92. The largest absolute Gasteiger partial charge is 0.507 e. The summed E-state index contributed by atoms with van der Waals surface area (Å²) in [5.41, 5.74) is 0.846. The number of carboxylic acid groups (broad SMARTS) is 1. The lowest BCUT2D eigenvalue weighted by Crippen LogP contribution is -2.31. The predicted octanol–water partition coefficient (Wildman–Crippen LogP) is 3.63. The first kappa shape index (κ1) is 19.6. The minimum absolute atomic E-state index is 0.0539. The number of carbonyl (C=O) groups is 3. The number of nitrogens with zero attached hydrogens (tertiary/aromatic N) is 1. The Morgan fingerprint density at radius 1 is 1.00 bits per heavy atom. The maximum Gasteiger partial charge on any atom is 0.303 e. The van der Waals surface area contributed by atoms with Gasteiger partial charge in [0.15, 0.2) is 0 Å². The number of Topliss-reactive ketones (excluding diaryl/α,β-unsaturated/α-hetero) is 1. The Morgan fingerprint density at radius 3 is 2.29 bits per heavy atom. The van der Waals surface area contributed by atoms with E-state index in [9.17, 15) is 19.5 Å². The Morgan fingerprint density at radius 2 is 1.64 bits per heavy atom. The van der Waals surface area contributed by atoms with E-state index in [0.717, 1.165) is 0 Å². The van der Waals surface area contributed by atoms with Crippen molar-refractivity contribution >= 4 is 35.0 Å². The molecule has 3 rings (SSSR count). The van der Waals surface area contributed by atoms with Crippen molar-refractivity contribution in [1.82, 2.24) is 4.90 Å². The zero-order valence-electron chi connectivity index (χ0n) is 14.8. The lowest BCUT2D eigenvalue weighted by Gasteiger charge is -2.25. The molecule has 1 amide bonds. The highest BCUT2D eigenvalue weighted by molar-refractivity contribution is 6.47. The van der Waals surface area contributed by atoms with Gasteiger partial charge in [-0.25, -0.2) is 0 Å². The van der Waals surface area contributed by atoms with Crippen molar-refractivity contribution in [2.45, 2.75) is 18.9 Å². The third-order valence-electron chi connectivity index (χ3n) is 4.58. The monoisotopic (exact) mass is 399 g/mol. The summed E-state index contributed by atoms with van der Waals surface area (Å²) in [6, 6.07) is 14.3. The lowest BCUT2D eigenvalue weighted by molar-refractivity contribution is -0.140. The number of ketones is 1. The van der Waals surface area contributed by atoms with E-state index in [1.807, 2.05) is 0 Å². The van der Waals surface area contributed by atoms with Gasteiger partial charge in [0.05, 0.1) is 11.6 Å². The summed E-state index contributed by atoms with van der Waals surface area (Å²) in [6.45, 7) is 0.0539. The first-order valence-electron chi connectivity index (χ1n) is 8.72. The van der Waals surface area contributed by atoms with Crippen molar-refractivity contribution < 1.29 is 24.6 Å². The van der Waals surface area contributed by atoms with E-state index in [-0.39, 0.29) is 30.7 Å². The summed E-state index contributed by atoms with van der Waals surface area (Å²) in [7, 11) is 0. The van der Waals surface area contributed by atoms with E-state index in [1.165, 1.54) is 4.90 Å². The van der Waals surface area contributed by atoms with Crippen molar-refractivity contribution in [1.29, 1.82) is 0 Å². The minimum Gasteiger partial charge on any atom is -0.507 e. The molecule has 6 nitrogen and oxygen atoms in total. The normalized spacial score (nSPS) is 18.5. The van der Waals surface area contributed by atoms with Gasteiger partial charge >= 0.3 is 5.97 Å². The number of hydrogen-bond donors (Lipinski definition) is 2. The number of hydrogen-bond acceptors (Lipinski definition) is 4. The maximum absolute atomic E-state index is 12.8. The second kappa shape index (κ2) is 8.27. The molecule has 2 aromatic carbocycles. The smallest absolute Gasteiger partial charge is 0.303 e. The number of likely N-dealkylation sites (tertiary alicyclic amines) is 1. The molecule has 1 aliphatic rings. The fraction of sp³-hybridized carbons (Fsp3) is 0.190. The van der Waals surface area contributed by atoms with Gasteiger partial charge in [-0.15, -0.1) is 0 Å². The molecule has 1 fully saturated rings. The molecule has 0 saturated carbocycles. The van der Waals surface area contributed by atoms with E-state index < -0.39 is 23.7 Å². The summed E-state index contributed by atoms with van der Waals surface area (Å²) >= 11 is 6.32. The Balaban J connectivity index is 2.11. The zero-order valence-corrected chi connectivity index (χ0v) is 15.6. The molecule has 1 saturated heterocycles. The van der Waals surface area contributed by atoms with Crippen molar-refractivity contribution in [3.8, 4) is 0 Å². The number of amides is 1. The molecule has 7 heteroatoms. The lowest BCUT2D eigenvalue weighted by atomic mass is 9.95. The van der Waals surface area contributed by atoms with E-state index >= 15 is 0 Å². The highest BCUT2D eigenvalue weighted by Gasteiger charge is 2.46. The van der Waals surface area contributed by atoms with Crippen LogP contribution < -0.4 is 0 Å². The van der Waals surface area contributed by atoms with Gasteiger partial charge in [0.2, 0.25) is 0 Å². The van der Waals surface area contributed by atoms with Gasteiger partial charge in [-0.05, 0) is 18.1 Å². The number of aliphatic hydroxyl groups excluding tert-OH is 1. The molecule has 144 valence electrons. The molecule has 1 atom stereocenters. The van der Waals surface area contributed by atoms with Gasteiger partial charge < -0.3 is 15.1 Å². The fourth-order valence-electron chi connectivity index (χ4n) is 3.28. The molecule has 0 aromatic heterocycles. The highest BCUT2D eigenvalue weighted by atomic mass is 35.5. The Labute approximate surface area is 166 Å². The summed E-state index contributed by atoms with van der Waals surface area (Å²) in [5, 5.41) is 20.0. The number of carboxylic acids is 1. The van der Waals surface area contributed by atoms with Crippen LogP contribution in [0.15, 0.2) is 60.2 Å². The summed E-state index contributed by atoms with van der Waals surface area (Å²) in [6.07, 6.45) is 0.0333. The van der Waals surface area contributed by atoms with Crippen LogP contribution in [0.25, 0.3) is 5.76 Å². The Kier molecular flexibility index (Phi) is 5.80. The third kappa shape index (κ3) is 3.77. The van der Waals surface area contributed by atoms with E-state index in [0.29, 0.717) is 16.1 Å². The number of aliphatic carboxylic acids is 1. The first-order valence-corrected chi connectivity index (χ1v) is 9.09. The minimum atomic E-state index is -0.991. The van der Waals surface area contributed by atoms with E-state index in [1.54, 1.807) is 54.6 Å². The van der Waals surface area contributed by atoms with E-state index in [4.69, 9.17) is 16.7 Å². The van der Waals surface area contributed by atoms with Gasteiger partial charge in [-0.3, -0.25) is 14.4 Å². The molecule has 0 aliphatic carbocycles. The molecule has 28 heavy (non-hydrogen) atoms. The number of carbonyl (C=O) groups excluding carboxylic acids is 2. The predicted molar refractivity (Wildman–Crippen MR) is 104 cm³/mol. The maximum atomic E-state index is 12.8. The van der Waals surface area contributed by atoms with Crippen molar-refractivity contribution in [2.75, 3.05) is 6.54 Å². The standard InChI is InChI=1S/C21H18ClNO5/c22-15-10-5-4-9-14(15)18-17(19(26)13-7-2-1-3-8-13)20(27)21(28)23(18)12-6-11-16(24)25/h1-5,7-10,18,26H,6,11-12H2,(H,24,25)/t18-/m0/s1. The van der Waals surface area contributed by atoms with Crippen LogP contribution in [-0.4, -0.2) is 39.3 Å². The van der Waals surface area contributed by atoms with Gasteiger partial charge in [0.1, 0.15) is 5.76 Å². The summed E-state index contributed by atoms with van der Waals surface area (Å²) in [5.74, 6) is -2.88. The van der Waals surface area contributed by atoms with Crippen molar-refractivity contribution in [3.05, 3.63) is 76.3 Å². The molecular weight excluding hydrogens is 382 g/mol. The van der Waals surface area contributed by atoms with Crippen LogP contribution in [0.3, 0.4) is 0 Å².